The average Bonchev–Trinajstić information content (AvgIpc) is 2.27. The van der Waals surface area contributed by atoms with E-state index in [1.54, 1.807) is 12.2 Å². The molecule has 0 amide bonds. The highest BCUT2D eigenvalue weighted by molar-refractivity contribution is 6.30. The number of halogens is 1. The summed E-state index contributed by atoms with van der Waals surface area (Å²) in [6.07, 6.45) is 9.06. The number of allylic oxidation sites excluding steroid dienone is 1. The van der Waals surface area contributed by atoms with Crippen molar-refractivity contribution in [1.29, 1.82) is 0 Å². The van der Waals surface area contributed by atoms with E-state index in [0.717, 1.165) is 18.8 Å². The van der Waals surface area contributed by atoms with Gasteiger partial charge in [-0.1, -0.05) is 19.8 Å². The van der Waals surface area contributed by atoms with Crippen molar-refractivity contribution in [3.05, 3.63) is 24.0 Å². The molecule has 1 N–H and O–H groups in total. The maximum Gasteiger partial charge on any atom is 0.149 e. The van der Waals surface area contributed by atoms with Crippen LogP contribution in [0, 0.1) is 11.3 Å². The lowest BCUT2D eigenvalue weighted by molar-refractivity contribution is 0.146. The van der Waals surface area contributed by atoms with Crippen molar-refractivity contribution < 1.29 is 9.84 Å². The van der Waals surface area contributed by atoms with Crippen LogP contribution in [0.3, 0.4) is 0 Å². The maximum atomic E-state index is 9.85. The van der Waals surface area contributed by atoms with E-state index in [-0.39, 0.29) is 0 Å². The van der Waals surface area contributed by atoms with Crippen LogP contribution in [-0.4, -0.2) is 17.3 Å². The number of aliphatic hydroxyl groups is 1. The van der Waals surface area contributed by atoms with Crippen LogP contribution in [0.2, 0.25) is 0 Å². The predicted octanol–water partition coefficient (Wildman–Crippen LogP) is 2.97. The van der Waals surface area contributed by atoms with E-state index in [9.17, 15) is 5.11 Å². The Morgan fingerprint density at radius 3 is 2.94 bits per heavy atom. The molecule has 1 rings (SSSR count). The number of hydrogen-bond acceptors (Lipinski definition) is 2. The van der Waals surface area contributed by atoms with Crippen LogP contribution >= 0.6 is 11.6 Å². The van der Waals surface area contributed by atoms with Gasteiger partial charge in [0.05, 0.1) is 6.61 Å². The second-order valence-electron chi connectivity index (χ2n) is 3.84. The summed E-state index contributed by atoms with van der Waals surface area (Å²) >= 11 is 5.27. The fourth-order valence-electron chi connectivity index (χ4n) is 1.44. The van der Waals surface area contributed by atoms with Gasteiger partial charge in [0.15, 0.2) is 0 Å². The molecule has 1 aliphatic carbocycles. The molecule has 0 saturated heterocycles. The first-order valence-corrected chi connectivity index (χ1v) is 5.95. The Morgan fingerprint density at radius 2 is 2.38 bits per heavy atom. The van der Waals surface area contributed by atoms with Crippen LogP contribution in [0.15, 0.2) is 24.0 Å². The lowest BCUT2D eigenvalue weighted by Gasteiger charge is -2.20. The van der Waals surface area contributed by atoms with E-state index in [1.807, 2.05) is 6.08 Å². The van der Waals surface area contributed by atoms with Gasteiger partial charge in [0.1, 0.15) is 11.4 Å². The molecular formula is C13H17ClO2. The minimum absolute atomic E-state index is 0.423. The summed E-state index contributed by atoms with van der Waals surface area (Å²) in [4.78, 5) is 0. The van der Waals surface area contributed by atoms with Gasteiger partial charge in [-0.25, -0.2) is 0 Å². The molecule has 0 bridgehead atoms. The van der Waals surface area contributed by atoms with Crippen molar-refractivity contribution in [2.24, 2.45) is 0 Å². The molecule has 1 atom stereocenters. The fourth-order valence-corrected chi connectivity index (χ4v) is 1.60. The quantitative estimate of drug-likeness (QED) is 0.591. The Bertz CT molecular complexity index is 336. The first-order chi connectivity index (χ1) is 7.70. The summed E-state index contributed by atoms with van der Waals surface area (Å²) in [5, 5.41) is 12.1. The zero-order chi connectivity index (χ0) is 11.9. The average molecular weight is 241 g/mol. The molecule has 1 aliphatic rings. The van der Waals surface area contributed by atoms with E-state index in [0.29, 0.717) is 6.42 Å². The van der Waals surface area contributed by atoms with Gasteiger partial charge in [-0.05, 0) is 42.2 Å². The molecule has 0 aliphatic heterocycles. The summed E-state index contributed by atoms with van der Waals surface area (Å²) < 4.78 is 5.54. The van der Waals surface area contributed by atoms with E-state index in [4.69, 9.17) is 16.3 Å². The third-order valence-corrected chi connectivity index (χ3v) is 2.51. The third-order valence-electron chi connectivity index (χ3n) is 2.42. The van der Waals surface area contributed by atoms with Crippen molar-refractivity contribution in [1.82, 2.24) is 0 Å². The topological polar surface area (TPSA) is 29.5 Å². The number of rotatable bonds is 5. The molecule has 16 heavy (non-hydrogen) atoms. The van der Waals surface area contributed by atoms with Crippen molar-refractivity contribution in [3.63, 3.8) is 0 Å². The van der Waals surface area contributed by atoms with Crippen molar-refractivity contribution in [2.75, 3.05) is 6.61 Å². The molecular weight excluding hydrogens is 224 g/mol. The van der Waals surface area contributed by atoms with Gasteiger partial charge in [0, 0.05) is 11.8 Å². The highest BCUT2D eigenvalue weighted by Crippen LogP contribution is 2.21. The van der Waals surface area contributed by atoms with Gasteiger partial charge < -0.3 is 9.84 Å². The first kappa shape index (κ1) is 13.2. The SMILES string of the molecule is CCCCCOC1=CCC(O)(C#CCl)C=C1. The van der Waals surface area contributed by atoms with Crippen molar-refractivity contribution >= 4 is 11.6 Å². The molecule has 0 heterocycles. The van der Waals surface area contributed by atoms with Crippen LogP contribution < -0.4 is 0 Å². The van der Waals surface area contributed by atoms with Crippen LogP contribution in [0.4, 0.5) is 0 Å². The highest BCUT2D eigenvalue weighted by Gasteiger charge is 2.22. The normalized spacial score (nSPS) is 23.3. The molecule has 1 unspecified atom stereocenters. The standard InChI is InChI=1S/C13H17ClO2/c1-2-3-4-11-16-12-5-7-13(15,8-6-12)9-10-14/h5-7,15H,2-4,8,11H2,1H3. The Kier molecular flexibility index (Phi) is 5.45. The van der Waals surface area contributed by atoms with E-state index in [2.05, 4.69) is 18.2 Å². The van der Waals surface area contributed by atoms with Gasteiger partial charge in [-0.15, -0.1) is 0 Å². The van der Waals surface area contributed by atoms with E-state index >= 15 is 0 Å². The van der Waals surface area contributed by atoms with Crippen LogP contribution in [0.1, 0.15) is 32.6 Å². The minimum atomic E-state index is -1.13. The molecule has 0 aromatic rings. The number of unbranched alkanes of at least 4 members (excludes halogenated alkanes) is 2. The smallest absolute Gasteiger partial charge is 0.149 e. The van der Waals surface area contributed by atoms with Gasteiger partial charge in [0.25, 0.3) is 0 Å². The number of ether oxygens (including phenoxy) is 1. The van der Waals surface area contributed by atoms with Crippen molar-refractivity contribution in [3.8, 4) is 11.3 Å². The lowest BCUT2D eigenvalue weighted by atomic mass is 9.96. The van der Waals surface area contributed by atoms with Gasteiger partial charge in [0.2, 0.25) is 0 Å². The maximum absolute atomic E-state index is 9.85. The van der Waals surface area contributed by atoms with Crippen molar-refractivity contribution in [2.45, 2.75) is 38.2 Å². The third kappa shape index (κ3) is 4.30. The molecule has 88 valence electrons. The summed E-state index contributed by atoms with van der Waals surface area (Å²) in [7, 11) is 0. The van der Waals surface area contributed by atoms with Crippen LogP contribution in [-0.2, 0) is 4.74 Å². The second kappa shape index (κ2) is 6.62. The Balaban J connectivity index is 2.36. The molecule has 3 heteroatoms. The molecule has 0 saturated carbocycles. The highest BCUT2D eigenvalue weighted by atomic mass is 35.5. The largest absolute Gasteiger partial charge is 0.494 e. The van der Waals surface area contributed by atoms with E-state index in [1.165, 1.54) is 12.8 Å². The fraction of sp³-hybridized carbons (Fsp3) is 0.538. The minimum Gasteiger partial charge on any atom is -0.494 e. The van der Waals surface area contributed by atoms with E-state index < -0.39 is 5.60 Å². The Morgan fingerprint density at radius 1 is 1.56 bits per heavy atom. The molecule has 0 aromatic heterocycles. The first-order valence-electron chi connectivity index (χ1n) is 5.57. The zero-order valence-electron chi connectivity index (χ0n) is 9.50. The summed E-state index contributed by atoms with van der Waals surface area (Å²) in [5.74, 6) is 3.34. The van der Waals surface area contributed by atoms with Gasteiger partial charge in [-0.2, -0.15) is 0 Å². The lowest BCUT2D eigenvalue weighted by Crippen LogP contribution is -2.24. The van der Waals surface area contributed by atoms with Crippen LogP contribution in [0.25, 0.3) is 0 Å². The molecule has 2 nitrogen and oxygen atoms in total. The second-order valence-corrected chi connectivity index (χ2v) is 4.03. The molecule has 0 fully saturated rings. The zero-order valence-corrected chi connectivity index (χ0v) is 10.3. The number of hydrogen-bond donors (Lipinski definition) is 1. The summed E-state index contributed by atoms with van der Waals surface area (Å²) in [5.41, 5.74) is -1.13. The summed E-state index contributed by atoms with van der Waals surface area (Å²) in [6.45, 7) is 2.88. The Hall–Kier alpha value is -0.910. The van der Waals surface area contributed by atoms with Gasteiger partial charge in [-0.3, -0.25) is 0 Å². The summed E-state index contributed by atoms with van der Waals surface area (Å²) in [6, 6.07) is 0. The van der Waals surface area contributed by atoms with Crippen LogP contribution in [0.5, 0.6) is 0 Å². The molecule has 0 aromatic carbocycles. The Labute approximate surface area is 102 Å². The van der Waals surface area contributed by atoms with Gasteiger partial charge >= 0.3 is 0 Å². The molecule has 0 radical (unpaired) electrons. The predicted molar refractivity (Wildman–Crippen MR) is 65.9 cm³/mol. The molecule has 0 spiro atoms. The monoisotopic (exact) mass is 240 g/mol.